The van der Waals surface area contributed by atoms with Gasteiger partial charge in [0.15, 0.2) is 0 Å². The van der Waals surface area contributed by atoms with Crippen molar-refractivity contribution in [2.45, 2.75) is 11.8 Å². The van der Waals surface area contributed by atoms with E-state index >= 15 is 0 Å². The molecule has 0 saturated carbocycles. The van der Waals surface area contributed by atoms with Gasteiger partial charge in [-0.25, -0.2) is 19.0 Å². The van der Waals surface area contributed by atoms with E-state index in [-0.39, 0.29) is 15.5 Å². The molecule has 0 aliphatic rings. The monoisotopic (exact) mass is 351 g/mol. The number of benzene rings is 2. The maximum absolute atomic E-state index is 12.1. The van der Waals surface area contributed by atoms with Crippen molar-refractivity contribution in [3.63, 3.8) is 0 Å². The van der Waals surface area contributed by atoms with Crippen molar-refractivity contribution in [1.29, 1.82) is 0 Å². The number of hydrogen-bond acceptors (Lipinski definition) is 4. The van der Waals surface area contributed by atoms with Crippen LogP contribution < -0.4 is 10.6 Å². The van der Waals surface area contributed by atoms with Crippen molar-refractivity contribution in [3.05, 3.63) is 64.7 Å². The minimum atomic E-state index is -4.01. The molecule has 0 radical (unpaired) electrons. The lowest BCUT2D eigenvalue weighted by Crippen LogP contribution is -2.20. The molecule has 0 saturated heterocycles. The number of hydrazone groups is 1. The molecule has 3 N–H and O–H groups in total. The van der Waals surface area contributed by atoms with E-state index in [1.54, 1.807) is 6.92 Å². The fourth-order valence-corrected chi connectivity index (χ4v) is 2.88. The summed E-state index contributed by atoms with van der Waals surface area (Å²) >= 11 is 5.77. The summed E-state index contributed by atoms with van der Waals surface area (Å²) in [5.41, 5.74) is 3.92. The van der Waals surface area contributed by atoms with Gasteiger partial charge in [0.1, 0.15) is 4.90 Å². The van der Waals surface area contributed by atoms with Gasteiger partial charge in [-0.1, -0.05) is 41.9 Å². The second-order valence-electron chi connectivity index (χ2n) is 4.69. The van der Waals surface area contributed by atoms with Crippen molar-refractivity contribution in [1.82, 2.24) is 5.43 Å². The number of sulfonamides is 1. The summed E-state index contributed by atoms with van der Waals surface area (Å²) in [5, 5.41) is 8.99. The van der Waals surface area contributed by atoms with E-state index in [4.69, 9.17) is 16.7 Å². The number of rotatable bonds is 4. The van der Waals surface area contributed by atoms with Gasteiger partial charge in [0.2, 0.25) is 10.0 Å². The summed E-state index contributed by atoms with van der Waals surface area (Å²) in [6, 6.07) is 13.1. The Morgan fingerprint density at radius 3 is 2.39 bits per heavy atom. The molecule has 2 rings (SSSR count). The van der Waals surface area contributed by atoms with Crippen molar-refractivity contribution >= 4 is 33.2 Å². The molecule has 1 amide bonds. The highest BCUT2D eigenvalue weighted by Gasteiger charge is 2.16. The van der Waals surface area contributed by atoms with Crippen LogP contribution in [-0.2, 0) is 10.0 Å². The third-order valence-corrected chi connectivity index (χ3v) is 4.41. The molecule has 0 bridgehead atoms. The second-order valence-corrected chi connectivity index (χ2v) is 6.63. The van der Waals surface area contributed by atoms with Crippen LogP contribution in [0.4, 0.5) is 0 Å². The molecule has 0 fully saturated rings. The number of nitrogens with one attached hydrogen (secondary N) is 1. The van der Waals surface area contributed by atoms with Crippen LogP contribution in [0.15, 0.2) is 58.5 Å². The molecule has 0 aromatic heterocycles. The maximum atomic E-state index is 12.1. The quantitative estimate of drug-likeness (QED) is 0.651. The van der Waals surface area contributed by atoms with Crippen LogP contribution in [0.2, 0.25) is 5.02 Å². The van der Waals surface area contributed by atoms with Crippen molar-refractivity contribution in [2.24, 2.45) is 10.2 Å². The average Bonchev–Trinajstić information content (AvgIpc) is 2.52. The lowest BCUT2D eigenvalue weighted by atomic mass is 10.1. The lowest BCUT2D eigenvalue weighted by Gasteiger charge is -2.06. The zero-order valence-corrected chi connectivity index (χ0v) is 13.7. The molecule has 23 heavy (non-hydrogen) atoms. The lowest BCUT2D eigenvalue weighted by molar-refractivity contribution is 0.0954. The Bertz CT molecular complexity index is 865. The summed E-state index contributed by atoms with van der Waals surface area (Å²) in [4.78, 5) is 11.8. The first kappa shape index (κ1) is 17.1. The van der Waals surface area contributed by atoms with Crippen LogP contribution in [0.3, 0.4) is 0 Å². The first-order chi connectivity index (χ1) is 10.8. The highest BCUT2D eigenvalue weighted by atomic mass is 35.5. The van der Waals surface area contributed by atoms with Crippen molar-refractivity contribution < 1.29 is 13.2 Å². The van der Waals surface area contributed by atoms with Gasteiger partial charge in [-0.15, -0.1) is 0 Å². The third kappa shape index (κ3) is 4.38. The van der Waals surface area contributed by atoms with Gasteiger partial charge >= 0.3 is 0 Å². The molecule has 0 heterocycles. The SMILES string of the molecule is CC(=NNC(=O)c1ccc(Cl)c(S(N)(=O)=O)c1)c1ccccc1. The minimum absolute atomic E-state index is 0.0481. The van der Waals surface area contributed by atoms with Crippen LogP contribution in [0.5, 0.6) is 0 Å². The molecule has 2 aromatic rings. The van der Waals surface area contributed by atoms with Gasteiger partial charge < -0.3 is 0 Å². The largest absolute Gasteiger partial charge is 0.271 e. The molecular weight excluding hydrogens is 338 g/mol. The van der Waals surface area contributed by atoms with Gasteiger partial charge in [-0.3, -0.25) is 4.79 Å². The van der Waals surface area contributed by atoms with E-state index in [0.29, 0.717) is 5.71 Å². The number of carbonyl (C=O) groups excluding carboxylic acids is 1. The van der Waals surface area contributed by atoms with E-state index < -0.39 is 15.9 Å². The summed E-state index contributed by atoms with van der Waals surface area (Å²) in [6.45, 7) is 1.74. The average molecular weight is 352 g/mol. The van der Waals surface area contributed by atoms with E-state index in [0.717, 1.165) is 11.6 Å². The molecule has 8 heteroatoms. The number of nitrogens with zero attached hydrogens (tertiary/aromatic N) is 1. The zero-order valence-electron chi connectivity index (χ0n) is 12.2. The molecule has 120 valence electrons. The Hall–Kier alpha value is -2.22. The van der Waals surface area contributed by atoms with Crippen LogP contribution in [0.25, 0.3) is 0 Å². The molecule has 0 atom stereocenters. The fourth-order valence-electron chi connectivity index (χ4n) is 1.81. The second kappa shape index (κ2) is 6.91. The van der Waals surface area contributed by atoms with E-state index in [2.05, 4.69) is 10.5 Å². The van der Waals surface area contributed by atoms with E-state index in [1.807, 2.05) is 30.3 Å². The maximum Gasteiger partial charge on any atom is 0.271 e. The predicted molar refractivity (Wildman–Crippen MR) is 88.9 cm³/mol. The van der Waals surface area contributed by atoms with Crippen LogP contribution in [-0.4, -0.2) is 20.0 Å². The van der Waals surface area contributed by atoms with E-state index in [1.165, 1.54) is 12.1 Å². The molecule has 2 aromatic carbocycles. The van der Waals surface area contributed by atoms with Crippen LogP contribution in [0, 0.1) is 0 Å². The Kier molecular flexibility index (Phi) is 5.15. The molecule has 0 aliphatic heterocycles. The van der Waals surface area contributed by atoms with E-state index in [9.17, 15) is 13.2 Å². The number of hydrogen-bond donors (Lipinski definition) is 2. The summed E-state index contributed by atoms with van der Waals surface area (Å²) in [5.74, 6) is -0.568. The summed E-state index contributed by atoms with van der Waals surface area (Å²) < 4.78 is 22.8. The molecule has 0 unspecified atom stereocenters. The molecular formula is C15H14ClN3O3S. The normalized spacial score (nSPS) is 12.0. The molecule has 6 nitrogen and oxygen atoms in total. The third-order valence-electron chi connectivity index (χ3n) is 3.02. The highest BCUT2D eigenvalue weighted by molar-refractivity contribution is 7.89. The van der Waals surface area contributed by atoms with Crippen molar-refractivity contribution in [3.8, 4) is 0 Å². The van der Waals surface area contributed by atoms with Crippen molar-refractivity contribution in [2.75, 3.05) is 0 Å². The summed E-state index contributed by atoms with van der Waals surface area (Å²) in [6.07, 6.45) is 0. The number of carbonyl (C=O) groups is 1. The molecule has 0 spiro atoms. The first-order valence-corrected chi connectivity index (χ1v) is 8.44. The van der Waals surface area contributed by atoms with Crippen LogP contribution >= 0.6 is 11.6 Å². The highest BCUT2D eigenvalue weighted by Crippen LogP contribution is 2.21. The minimum Gasteiger partial charge on any atom is -0.267 e. The Morgan fingerprint density at radius 1 is 1.13 bits per heavy atom. The number of halogens is 1. The fraction of sp³-hybridized carbons (Fsp3) is 0.0667. The Balaban J connectivity index is 2.22. The Labute approximate surface area is 139 Å². The van der Waals surface area contributed by atoms with Gasteiger partial charge in [0.25, 0.3) is 5.91 Å². The number of primary sulfonamides is 1. The topological polar surface area (TPSA) is 102 Å². The smallest absolute Gasteiger partial charge is 0.267 e. The van der Waals surface area contributed by atoms with Crippen LogP contribution in [0.1, 0.15) is 22.8 Å². The summed E-state index contributed by atoms with van der Waals surface area (Å²) in [7, 11) is -4.01. The van der Waals surface area contributed by atoms with Gasteiger partial charge in [0.05, 0.1) is 10.7 Å². The standard InChI is InChI=1S/C15H14ClN3O3S/c1-10(11-5-3-2-4-6-11)18-19-15(20)12-7-8-13(16)14(9-12)23(17,21)22/h2-9H,1H3,(H,19,20)(H2,17,21,22). The van der Waals surface area contributed by atoms with Gasteiger partial charge in [0, 0.05) is 5.56 Å². The number of amides is 1. The predicted octanol–water partition coefficient (Wildman–Crippen LogP) is 2.14. The van der Waals surface area contributed by atoms with Gasteiger partial charge in [-0.2, -0.15) is 5.10 Å². The Morgan fingerprint density at radius 2 is 1.78 bits per heavy atom. The molecule has 0 aliphatic carbocycles. The van der Waals surface area contributed by atoms with Gasteiger partial charge in [-0.05, 0) is 30.7 Å². The zero-order chi connectivity index (χ0) is 17.0. The first-order valence-electron chi connectivity index (χ1n) is 6.51. The number of nitrogens with two attached hydrogens (primary N) is 1.